The van der Waals surface area contributed by atoms with Gasteiger partial charge in [-0.3, -0.25) is 4.79 Å². The maximum atomic E-state index is 12.2. The summed E-state index contributed by atoms with van der Waals surface area (Å²) in [4.78, 5) is 14.1. The Bertz CT molecular complexity index is 517. The normalized spacial score (nSPS) is 13.6. The van der Waals surface area contributed by atoms with Crippen molar-refractivity contribution in [3.63, 3.8) is 0 Å². The number of nitrogens with zero attached hydrogens (tertiary/aromatic N) is 1. The summed E-state index contributed by atoms with van der Waals surface area (Å²) >= 11 is 0. The summed E-state index contributed by atoms with van der Waals surface area (Å²) in [5.41, 5.74) is 1.80. The van der Waals surface area contributed by atoms with Gasteiger partial charge in [0.2, 0.25) is 5.91 Å². The smallest absolute Gasteiger partial charge is 0.246 e. The lowest BCUT2D eigenvalue weighted by Gasteiger charge is -2.31. The van der Waals surface area contributed by atoms with Crippen LogP contribution in [0.15, 0.2) is 12.1 Å². The van der Waals surface area contributed by atoms with Crippen LogP contribution in [0.25, 0.3) is 0 Å². The number of hydrogen-bond donors (Lipinski definition) is 1. The van der Waals surface area contributed by atoms with E-state index in [1.54, 1.807) is 14.2 Å². The molecule has 0 aliphatic carbocycles. The Hall–Kier alpha value is -1.91. The Labute approximate surface area is 132 Å². The van der Waals surface area contributed by atoms with Crippen molar-refractivity contribution in [3.8, 4) is 11.5 Å². The van der Waals surface area contributed by atoms with Crippen LogP contribution in [0.2, 0.25) is 0 Å². The van der Waals surface area contributed by atoms with E-state index in [9.17, 15) is 4.79 Å². The highest BCUT2D eigenvalue weighted by molar-refractivity contribution is 6.03. The van der Waals surface area contributed by atoms with Gasteiger partial charge in [0.05, 0.1) is 32.1 Å². The number of nitrogens with one attached hydrogen (secondary N) is 1. The largest absolute Gasteiger partial charge is 0.493 e. The fraction of sp³-hybridized carbons (Fsp3) is 0.588. The van der Waals surface area contributed by atoms with Gasteiger partial charge in [0, 0.05) is 18.7 Å². The molecule has 1 aliphatic rings. The summed E-state index contributed by atoms with van der Waals surface area (Å²) in [5.74, 6) is 1.43. The maximum absolute atomic E-state index is 12.2. The van der Waals surface area contributed by atoms with Crippen LogP contribution >= 0.6 is 0 Å². The lowest BCUT2D eigenvalue weighted by Crippen LogP contribution is -2.40. The lowest BCUT2D eigenvalue weighted by atomic mass is 10.1. The number of carbonyl (C=O) groups is 1. The molecule has 0 aromatic heterocycles. The van der Waals surface area contributed by atoms with E-state index in [2.05, 4.69) is 12.2 Å². The van der Waals surface area contributed by atoms with Gasteiger partial charge < -0.3 is 19.7 Å². The van der Waals surface area contributed by atoms with Crippen LogP contribution in [0.4, 0.5) is 11.4 Å². The third kappa shape index (κ3) is 3.64. The van der Waals surface area contributed by atoms with E-state index in [1.165, 1.54) is 19.3 Å². The van der Waals surface area contributed by atoms with Crippen molar-refractivity contribution >= 4 is 17.3 Å². The number of fused-ring (bicyclic) bond motifs is 1. The molecule has 0 bridgehead atoms. The van der Waals surface area contributed by atoms with Gasteiger partial charge in [0.15, 0.2) is 11.5 Å². The van der Waals surface area contributed by atoms with Gasteiger partial charge in [-0.25, -0.2) is 0 Å². The minimum Gasteiger partial charge on any atom is -0.493 e. The van der Waals surface area contributed by atoms with E-state index in [4.69, 9.17) is 9.47 Å². The number of benzene rings is 1. The molecule has 122 valence electrons. The van der Waals surface area contributed by atoms with Crippen molar-refractivity contribution in [2.24, 2.45) is 0 Å². The molecule has 1 N–H and O–H groups in total. The highest BCUT2D eigenvalue weighted by atomic mass is 16.5. The molecule has 5 heteroatoms. The first-order valence-corrected chi connectivity index (χ1v) is 8.01. The summed E-state index contributed by atoms with van der Waals surface area (Å²) in [7, 11) is 3.22. The van der Waals surface area contributed by atoms with Gasteiger partial charge in [-0.05, 0) is 6.42 Å². The van der Waals surface area contributed by atoms with Crippen molar-refractivity contribution in [2.75, 3.05) is 37.5 Å². The number of methoxy groups -OCH3 is 2. The topological polar surface area (TPSA) is 50.8 Å². The molecule has 0 unspecified atom stereocenters. The molecule has 1 aromatic carbocycles. The first kappa shape index (κ1) is 16.5. The summed E-state index contributed by atoms with van der Waals surface area (Å²) in [6, 6.07) is 3.77. The standard InChI is InChI=1S/C17H26N2O3/c1-4-5-6-7-8-9-19-14-11-16(22-3)15(21-2)10-13(14)18-12-17(19)20/h10-11,18H,4-9,12H2,1-3H3. The monoisotopic (exact) mass is 306 g/mol. The molecule has 5 nitrogen and oxygen atoms in total. The third-order valence-corrected chi connectivity index (χ3v) is 4.01. The highest BCUT2D eigenvalue weighted by Gasteiger charge is 2.25. The van der Waals surface area contributed by atoms with E-state index in [0.717, 1.165) is 30.8 Å². The minimum atomic E-state index is 0.107. The molecule has 1 aromatic rings. The Morgan fingerprint density at radius 1 is 1.09 bits per heavy atom. The van der Waals surface area contributed by atoms with Crippen LogP contribution in [0.3, 0.4) is 0 Å². The van der Waals surface area contributed by atoms with Crippen LogP contribution in [-0.4, -0.2) is 33.2 Å². The van der Waals surface area contributed by atoms with Gasteiger partial charge >= 0.3 is 0 Å². The second-order valence-corrected chi connectivity index (χ2v) is 5.54. The fourth-order valence-electron chi connectivity index (χ4n) is 2.75. The number of unbranched alkanes of at least 4 members (excludes halogenated alkanes) is 4. The second kappa shape index (κ2) is 7.92. The molecular formula is C17H26N2O3. The number of amides is 1. The average Bonchev–Trinajstić information content (AvgIpc) is 2.55. The SMILES string of the molecule is CCCCCCCN1C(=O)CNc2cc(OC)c(OC)cc21. The first-order valence-electron chi connectivity index (χ1n) is 8.01. The molecule has 0 fully saturated rings. The minimum absolute atomic E-state index is 0.107. The van der Waals surface area contributed by atoms with E-state index < -0.39 is 0 Å². The van der Waals surface area contributed by atoms with Crippen molar-refractivity contribution in [1.29, 1.82) is 0 Å². The number of anilines is 2. The van der Waals surface area contributed by atoms with Gasteiger partial charge in [0.1, 0.15) is 0 Å². The molecule has 1 heterocycles. The molecular weight excluding hydrogens is 280 g/mol. The molecule has 1 amide bonds. The van der Waals surface area contributed by atoms with Crippen LogP contribution in [0.5, 0.6) is 11.5 Å². The third-order valence-electron chi connectivity index (χ3n) is 4.01. The highest BCUT2D eigenvalue weighted by Crippen LogP contribution is 2.40. The molecule has 0 saturated heterocycles. The van der Waals surface area contributed by atoms with Crippen LogP contribution in [0.1, 0.15) is 39.0 Å². The predicted octanol–water partition coefficient (Wildman–Crippen LogP) is 3.43. The van der Waals surface area contributed by atoms with E-state index in [0.29, 0.717) is 18.0 Å². The van der Waals surface area contributed by atoms with Crippen LogP contribution < -0.4 is 19.7 Å². The van der Waals surface area contributed by atoms with Crippen molar-refractivity contribution in [1.82, 2.24) is 0 Å². The van der Waals surface area contributed by atoms with Crippen molar-refractivity contribution in [2.45, 2.75) is 39.0 Å². The Morgan fingerprint density at radius 2 is 1.77 bits per heavy atom. The van der Waals surface area contributed by atoms with Crippen molar-refractivity contribution < 1.29 is 14.3 Å². The van der Waals surface area contributed by atoms with E-state index in [1.807, 2.05) is 17.0 Å². The number of rotatable bonds is 8. The molecule has 0 radical (unpaired) electrons. The van der Waals surface area contributed by atoms with Gasteiger partial charge in [-0.15, -0.1) is 0 Å². The Balaban J connectivity index is 2.13. The fourth-order valence-corrected chi connectivity index (χ4v) is 2.75. The number of carbonyl (C=O) groups excluding carboxylic acids is 1. The predicted molar refractivity (Wildman–Crippen MR) is 89.1 cm³/mol. The zero-order chi connectivity index (χ0) is 15.9. The maximum Gasteiger partial charge on any atom is 0.246 e. The number of ether oxygens (including phenoxy) is 2. The van der Waals surface area contributed by atoms with E-state index >= 15 is 0 Å². The lowest BCUT2D eigenvalue weighted by molar-refractivity contribution is -0.117. The quantitative estimate of drug-likeness (QED) is 0.748. The molecule has 22 heavy (non-hydrogen) atoms. The molecule has 0 spiro atoms. The Morgan fingerprint density at radius 3 is 2.45 bits per heavy atom. The summed E-state index contributed by atoms with van der Waals surface area (Å²) in [5, 5.41) is 3.15. The molecule has 0 saturated carbocycles. The summed E-state index contributed by atoms with van der Waals surface area (Å²) < 4.78 is 10.7. The molecule has 1 aliphatic heterocycles. The number of hydrogen-bond acceptors (Lipinski definition) is 4. The van der Waals surface area contributed by atoms with Gasteiger partial charge in [-0.2, -0.15) is 0 Å². The zero-order valence-corrected chi connectivity index (χ0v) is 13.8. The van der Waals surface area contributed by atoms with Gasteiger partial charge in [0.25, 0.3) is 0 Å². The Kier molecular flexibility index (Phi) is 5.92. The van der Waals surface area contributed by atoms with E-state index in [-0.39, 0.29) is 5.91 Å². The van der Waals surface area contributed by atoms with Crippen molar-refractivity contribution in [3.05, 3.63) is 12.1 Å². The first-order chi connectivity index (χ1) is 10.7. The summed E-state index contributed by atoms with van der Waals surface area (Å²) in [6.45, 7) is 3.29. The van der Waals surface area contributed by atoms with Gasteiger partial charge in [-0.1, -0.05) is 32.6 Å². The molecule has 0 atom stereocenters. The summed E-state index contributed by atoms with van der Waals surface area (Å²) in [6.07, 6.45) is 5.91. The molecule has 2 rings (SSSR count). The average molecular weight is 306 g/mol. The zero-order valence-electron chi connectivity index (χ0n) is 13.8. The second-order valence-electron chi connectivity index (χ2n) is 5.54. The van der Waals surface area contributed by atoms with Crippen LogP contribution in [0, 0.1) is 0 Å². The van der Waals surface area contributed by atoms with Crippen LogP contribution in [-0.2, 0) is 4.79 Å².